The molecule has 0 N–H and O–H groups in total. The van der Waals surface area contributed by atoms with Crippen LogP contribution in [0.1, 0.15) is 31.5 Å². The van der Waals surface area contributed by atoms with Gasteiger partial charge < -0.3 is 9.26 Å². The third kappa shape index (κ3) is 4.23. The molecule has 0 unspecified atom stereocenters. The lowest BCUT2D eigenvalue weighted by Gasteiger charge is -2.13. The first-order chi connectivity index (χ1) is 14.7. The zero-order chi connectivity index (χ0) is 20.9. The maximum atomic E-state index is 13.3. The van der Waals surface area contributed by atoms with Crippen LogP contribution in [0.2, 0.25) is 0 Å². The maximum absolute atomic E-state index is 13.3. The Balaban J connectivity index is 1.72. The normalized spacial score (nSPS) is 11.1. The average molecular weight is 423 g/mol. The number of methoxy groups -OCH3 is 1. The van der Waals surface area contributed by atoms with E-state index in [0.717, 1.165) is 19.3 Å². The van der Waals surface area contributed by atoms with Crippen LogP contribution >= 0.6 is 11.8 Å². The van der Waals surface area contributed by atoms with Crippen molar-refractivity contribution in [2.24, 2.45) is 0 Å². The standard InChI is InChI=1S/C22H22N4O3S/c1-3-4-12-19-24-20(29-25-19)14-30-22-23-18-11-6-5-10-17(18)21(27)26(22)15-8-7-9-16(13-15)28-2/h5-11,13H,3-4,12,14H2,1-2H3. The first kappa shape index (κ1) is 20.2. The van der Waals surface area contributed by atoms with E-state index in [-0.39, 0.29) is 5.56 Å². The van der Waals surface area contributed by atoms with Gasteiger partial charge in [-0.1, -0.05) is 48.5 Å². The molecule has 0 aliphatic heterocycles. The van der Waals surface area contributed by atoms with Crippen molar-refractivity contribution in [3.8, 4) is 11.4 Å². The lowest BCUT2D eigenvalue weighted by molar-refractivity contribution is 0.384. The predicted octanol–water partition coefficient (Wildman–Crippen LogP) is 4.41. The SMILES string of the molecule is CCCCc1noc(CSc2nc3ccccc3c(=O)n2-c2cccc(OC)c2)n1. The van der Waals surface area contributed by atoms with E-state index in [2.05, 4.69) is 17.1 Å². The highest BCUT2D eigenvalue weighted by Crippen LogP contribution is 2.25. The van der Waals surface area contributed by atoms with Crippen molar-refractivity contribution >= 4 is 22.7 Å². The molecule has 0 amide bonds. The topological polar surface area (TPSA) is 83.0 Å². The van der Waals surface area contributed by atoms with Crippen LogP contribution in [0.25, 0.3) is 16.6 Å². The van der Waals surface area contributed by atoms with Gasteiger partial charge in [0.15, 0.2) is 11.0 Å². The van der Waals surface area contributed by atoms with E-state index in [0.29, 0.717) is 45.0 Å². The van der Waals surface area contributed by atoms with Gasteiger partial charge in [-0.05, 0) is 30.7 Å². The fourth-order valence-corrected chi connectivity index (χ4v) is 3.95. The van der Waals surface area contributed by atoms with E-state index in [1.807, 2.05) is 42.5 Å². The van der Waals surface area contributed by atoms with Gasteiger partial charge in [-0.2, -0.15) is 4.98 Å². The molecule has 2 aromatic carbocycles. The summed E-state index contributed by atoms with van der Waals surface area (Å²) in [5, 5.41) is 5.15. The molecule has 0 saturated heterocycles. The van der Waals surface area contributed by atoms with Crippen molar-refractivity contribution in [2.45, 2.75) is 37.1 Å². The minimum atomic E-state index is -0.134. The van der Waals surface area contributed by atoms with Gasteiger partial charge in [0.05, 0.1) is 29.5 Å². The van der Waals surface area contributed by atoms with Gasteiger partial charge in [-0.3, -0.25) is 9.36 Å². The van der Waals surface area contributed by atoms with E-state index in [1.165, 1.54) is 11.8 Å². The number of aryl methyl sites for hydroxylation is 1. The third-order valence-corrected chi connectivity index (χ3v) is 5.57. The summed E-state index contributed by atoms with van der Waals surface area (Å²) in [5.74, 6) is 2.32. The second-order valence-corrected chi connectivity index (χ2v) is 7.69. The van der Waals surface area contributed by atoms with Crippen LogP contribution in [0, 0.1) is 0 Å². The highest BCUT2D eigenvalue weighted by Gasteiger charge is 2.15. The smallest absolute Gasteiger partial charge is 0.266 e. The number of aromatic nitrogens is 4. The largest absolute Gasteiger partial charge is 0.497 e. The number of nitrogens with zero attached hydrogens (tertiary/aromatic N) is 4. The number of hydrogen-bond acceptors (Lipinski definition) is 7. The summed E-state index contributed by atoms with van der Waals surface area (Å²) in [6.45, 7) is 2.13. The molecule has 7 nitrogen and oxygen atoms in total. The van der Waals surface area contributed by atoms with E-state index in [1.54, 1.807) is 17.7 Å². The minimum Gasteiger partial charge on any atom is -0.497 e. The minimum absolute atomic E-state index is 0.134. The van der Waals surface area contributed by atoms with Crippen LogP contribution in [0.3, 0.4) is 0 Å². The average Bonchev–Trinajstić information content (AvgIpc) is 3.24. The number of thioether (sulfide) groups is 1. The number of rotatable bonds is 8. The van der Waals surface area contributed by atoms with E-state index in [4.69, 9.17) is 14.2 Å². The Morgan fingerprint density at radius 3 is 2.83 bits per heavy atom. The Morgan fingerprint density at radius 1 is 1.13 bits per heavy atom. The van der Waals surface area contributed by atoms with Gasteiger partial charge in [-0.25, -0.2) is 4.98 Å². The first-order valence-electron chi connectivity index (χ1n) is 9.80. The molecule has 0 spiro atoms. The van der Waals surface area contributed by atoms with Crippen LogP contribution < -0.4 is 10.3 Å². The van der Waals surface area contributed by atoms with Crippen LogP contribution in [0.4, 0.5) is 0 Å². The molecule has 0 aliphatic rings. The van der Waals surface area contributed by atoms with Crippen molar-refractivity contribution < 1.29 is 9.26 Å². The first-order valence-corrected chi connectivity index (χ1v) is 10.8. The Labute approximate surface area is 178 Å². The van der Waals surface area contributed by atoms with Gasteiger partial charge >= 0.3 is 0 Å². The molecule has 0 aliphatic carbocycles. The van der Waals surface area contributed by atoms with Crippen LogP contribution in [-0.2, 0) is 12.2 Å². The monoisotopic (exact) mass is 422 g/mol. The van der Waals surface area contributed by atoms with Crippen molar-refractivity contribution in [1.82, 2.24) is 19.7 Å². The molecule has 0 fully saturated rings. The molecule has 0 radical (unpaired) electrons. The second kappa shape index (κ2) is 9.13. The van der Waals surface area contributed by atoms with Gasteiger partial charge in [-0.15, -0.1) is 0 Å². The molecule has 0 bridgehead atoms. The Kier molecular flexibility index (Phi) is 6.13. The molecule has 0 saturated carbocycles. The summed E-state index contributed by atoms with van der Waals surface area (Å²) in [6, 6.07) is 14.7. The fourth-order valence-electron chi connectivity index (χ4n) is 3.10. The third-order valence-electron chi connectivity index (χ3n) is 4.65. The summed E-state index contributed by atoms with van der Waals surface area (Å²) < 4.78 is 12.3. The van der Waals surface area contributed by atoms with Crippen LogP contribution in [-0.4, -0.2) is 26.8 Å². The molecule has 30 heavy (non-hydrogen) atoms. The number of ether oxygens (including phenoxy) is 1. The molecule has 8 heteroatoms. The van der Waals surface area contributed by atoms with Gasteiger partial charge in [0.2, 0.25) is 5.89 Å². The van der Waals surface area contributed by atoms with E-state index < -0.39 is 0 Å². The molecular weight excluding hydrogens is 400 g/mol. The molecule has 4 aromatic rings. The molecule has 2 aromatic heterocycles. The second-order valence-electron chi connectivity index (χ2n) is 6.75. The summed E-state index contributed by atoms with van der Waals surface area (Å²) in [6.07, 6.45) is 2.90. The Hall–Kier alpha value is -3.13. The number of fused-ring (bicyclic) bond motifs is 1. The summed E-state index contributed by atoms with van der Waals surface area (Å²) >= 11 is 1.39. The summed E-state index contributed by atoms with van der Waals surface area (Å²) in [7, 11) is 1.60. The zero-order valence-corrected chi connectivity index (χ0v) is 17.7. The quantitative estimate of drug-likeness (QED) is 0.307. The molecule has 2 heterocycles. The van der Waals surface area contributed by atoms with Gasteiger partial charge in [0.25, 0.3) is 5.56 Å². The highest BCUT2D eigenvalue weighted by atomic mass is 32.2. The Bertz CT molecular complexity index is 1220. The maximum Gasteiger partial charge on any atom is 0.266 e. The molecular formula is C22H22N4O3S. The Morgan fingerprint density at radius 2 is 2.00 bits per heavy atom. The highest BCUT2D eigenvalue weighted by molar-refractivity contribution is 7.98. The zero-order valence-electron chi connectivity index (χ0n) is 16.9. The van der Waals surface area contributed by atoms with Crippen molar-refractivity contribution in [1.29, 1.82) is 0 Å². The van der Waals surface area contributed by atoms with E-state index >= 15 is 0 Å². The van der Waals surface area contributed by atoms with Crippen LogP contribution in [0.15, 0.2) is 63.0 Å². The van der Waals surface area contributed by atoms with Crippen molar-refractivity contribution in [3.63, 3.8) is 0 Å². The summed E-state index contributed by atoms with van der Waals surface area (Å²) in [4.78, 5) is 22.5. The molecule has 0 atom stereocenters. The molecule has 154 valence electrons. The van der Waals surface area contributed by atoms with Crippen molar-refractivity contribution in [2.75, 3.05) is 7.11 Å². The van der Waals surface area contributed by atoms with E-state index in [9.17, 15) is 4.79 Å². The molecule has 4 rings (SSSR count). The summed E-state index contributed by atoms with van der Waals surface area (Å²) in [5.41, 5.74) is 1.21. The fraction of sp³-hybridized carbons (Fsp3) is 0.273. The number of unbranched alkanes of at least 4 members (excludes halogenated alkanes) is 1. The number of hydrogen-bond donors (Lipinski definition) is 0. The predicted molar refractivity (Wildman–Crippen MR) is 116 cm³/mol. The van der Waals surface area contributed by atoms with Crippen molar-refractivity contribution in [3.05, 3.63) is 70.6 Å². The van der Waals surface area contributed by atoms with Gasteiger partial charge in [0.1, 0.15) is 5.75 Å². The lowest BCUT2D eigenvalue weighted by atomic mass is 10.2. The lowest BCUT2D eigenvalue weighted by Crippen LogP contribution is -2.21. The number of para-hydroxylation sites is 1. The number of benzene rings is 2. The van der Waals surface area contributed by atoms with Gasteiger partial charge in [0, 0.05) is 12.5 Å². The van der Waals surface area contributed by atoms with Crippen LogP contribution in [0.5, 0.6) is 5.75 Å².